The molecule has 0 radical (unpaired) electrons. The number of rotatable bonds is 11. The largest absolute Gasteiger partial charge is 0.493 e. The van der Waals surface area contributed by atoms with E-state index in [2.05, 4.69) is 93.6 Å². The van der Waals surface area contributed by atoms with E-state index in [0.717, 1.165) is 34.4 Å². The molecule has 0 saturated carbocycles. The Bertz CT molecular complexity index is 1500. The van der Waals surface area contributed by atoms with Crippen LogP contribution in [0.4, 0.5) is 0 Å². The molecule has 0 bridgehead atoms. The molecule has 1 aliphatic heterocycles. The van der Waals surface area contributed by atoms with Gasteiger partial charge in [0, 0.05) is 17.0 Å². The topological polar surface area (TPSA) is 54.0 Å². The molecule has 7 heteroatoms. The van der Waals surface area contributed by atoms with E-state index in [9.17, 15) is 4.79 Å². The van der Waals surface area contributed by atoms with Gasteiger partial charge in [0.1, 0.15) is 18.5 Å². The van der Waals surface area contributed by atoms with Crippen molar-refractivity contribution in [2.24, 2.45) is 0 Å². The van der Waals surface area contributed by atoms with Crippen molar-refractivity contribution >= 4 is 36.3 Å². The lowest BCUT2D eigenvalue weighted by Crippen LogP contribution is -2.66. The summed E-state index contributed by atoms with van der Waals surface area (Å²) >= 11 is 6.40. The quantitative estimate of drug-likeness (QED) is 0.134. The van der Waals surface area contributed by atoms with Gasteiger partial charge < -0.3 is 18.6 Å². The van der Waals surface area contributed by atoms with E-state index in [0.29, 0.717) is 18.2 Å². The molecule has 0 N–H and O–H groups in total. The number of carbonyl (C=O) groups is 1. The summed E-state index contributed by atoms with van der Waals surface area (Å²) in [6.45, 7) is 9.70. The summed E-state index contributed by atoms with van der Waals surface area (Å²) in [5.74, 6) is 0.376. The summed E-state index contributed by atoms with van der Waals surface area (Å²) in [4.78, 5) is 12.3. The molecule has 224 valence electrons. The molecule has 1 unspecified atom stereocenters. The number of ether oxygens (including phenoxy) is 3. The maximum Gasteiger partial charge on any atom is 0.332 e. The Kier molecular flexibility index (Phi) is 9.72. The predicted octanol–water partition coefficient (Wildman–Crippen LogP) is 7.02. The Morgan fingerprint density at radius 2 is 1.60 bits per heavy atom. The van der Waals surface area contributed by atoms with Crippen molar-refractivity contribution in [3.05, 3.63) is 124 Å². The minimum Gasteiger partial charge on any atom is -0.493 e. The smallest absolute Gasteiger partial charge is 0.332 e. The number of hydrogen-bond donors (Lipinski definition) is 0. The summed E-state index contributed by atoms with van der Waals surface area (Å²) in [7, 11) is -2.75. The number of benzene rings is 4. The van der Waals surface area contributed by atoms with E-state index in [4.69, 9.17) is 30.2 Å². The number of halogens is 1. The van der Waals surface area contributed by atoms with Crippen molar-refractivity contribution in [2.45, 2.75) is 51.9 Å². The number of hydrogen-bond acceptors (Lipinski definition) is 5. The second kappa shape index (κ2) is 13.5. The van der Waals surface area contributed by atoms with Crippen LogP contribution >= 0.6 is 11.6 Å². The first kappa shape index (κ1) is 31.0. The molecule has 43 heavy (non-hydrogen) atoms. The van der Waals surface area contributed by atoms with Crippen LogP contribution in [0, 0.1) is 0 Å². The van der Waals surface area contributed by atoms with E-state index in [1.807, 2.05) is 24.3 Å². The van der Waals surface area contributed by atoms with E-state index in [-0.39, 0.29) is 18.3 Å². The van der Waals surface area contributed by atoms with Crippen molar-refractivity contribution in [1.82, 2.24) is 0 Å². The van der Waals surface area contributed by atoms with Crippen LogP contribution < -0.4 is 15.1 Å². The van der Waals surface area contributed by atoms with Crippen LogP contribution in [0.2, 0.25) is 10.1 Å². The number of carbonyl (C=O) groups excluding carboxylic acids is 1. The highest BCUT2D eigenvalue weighted by Crippen LogP contribution is 2.41. The van der Waals surface area contributed by atoms with Crippen molar-refractivity contribution in [1.29, 1.82) is 0 Å². The zero-order chi connectivity index (χ0) is 30.5. The molecule has 4 aromatic carbocycles. The molecule has 1 heterocycles. The fourth-order valence-electron chi connectivity index (χ4n) is 6.03. The molecule has 1 atom stereocenters. The number of esters is 1. The Labute approximate surface area is 260 Å². The molecule has 0 aliphatic carbocycles. The molecule has 0 aromatic heterocycles. The molecule has 5 rings (SSSR count). The molecule has 5 nitrogen and oxygen atoms in total. The van der Waals surface area contributed by atoms with Crippen LogP contribution in [0.5, 0.6) is 5.75 Å². The van der Waals surface area contributed by atoms with Gasteiger partial charge >= 0.3 is 5.97 Å². The third-order valence-corrected chi connectivity index (χ3v) is 13.1. The summed E-state index contributed by atoms with van der Waals surface area (Å²) in [6.07, 6.45) is 0.206. The average molecular weight is 615 g/mol. The van der Waals surface area contributed by atoms with Gasteiger partial charge in [-0.2, -0.15) is 0 Å². The summed E-state index contributed by atoms with van der Waals surface area (Å²) < 4.78 is 24.8. The zero-order valence-corrected chi connectivity index (χ0v) is 27.0. The first-order chi connectivity index (χ1) is 20.7. The standard InChI is InChI=1S/C36H39ClO5Si/c1-5-39-33(38)25-41-35(27-13-12-14-29(37)23-27)32-22-26(21-28-19-20-40-34(28)32)24-42-43(36(2,3)4,30-15-8-6-9-16-30)31-17-10-7-11-18-31/h6-18,21-23,35H,5,19-20,24-25H2,1-4H3. The highest BCUT2D eigenvalue weighted by Gasteiger charge is 2.50. The lowest BCUT2D eigenvalue weighted by atomic mass is 9.95. The van der Waals surface area contributed by atoms with Crippen molar-refractivity contribution in [3.63, 3.8) is 0 Å². The summed E-state index contributed by atoms with van der Waals surface area (Å²) in [5, 5.41) is 2.90. The van der Waals surface area contributed by atoms with Gasteiger partial charge in [0.25, 0.3) is 8.32 Å². The second-order valence-corrected chi connectivity index (χ2v) is 16.5. The maximum atomic E-state index is 12.3. The van der Waals surface area contributed by atoms with Crippen LogP contribution in [0.15, 0.2) is 97.1 Å². The summed E-state index contributed by atoms with van der Waals surface area (Å²) in [5.41, 5.74) is 3.81. The van der Waals surface area contributed by atoms with Crippen molar-refractivity contribution in [2.75, 3.05) is 19.8 Å². The maximum absolute atomic E-state index is 12.3. The second-order valence-electron chi connectivity index (χ2n) is 11.8. The fraction of sp³-hybridized carbons (Fsp3) is 0.306. The number of fused-ring (bicyclic) bond motifs is 1. The van der Waals surface area contributed by atoms with Gasteiger partial charge in [-0.1, -0.05) is 105 Å². The van der Waals surface area contributed by atoms with E-state index >= 15 is 0 Å². The van der Waals surface area contributed by atoms with E-state index in [1.54, 1.807) is 6.92 Å². The van der Waals surface area contributed by atoms with Crippen LogP contribution in [0.3, 0.4) is 0 Å². The van der Waals surface area contributed by atoms with Crippen LogP contribution in [0.25, 0.3) is 0 Å². The third kappa shape index (κ3) is 6.73. The van der Waals surface area contributed by atoms with E-state index in [1.165, 1.54) is 10.4 Å². The lowest BCUT2D eigenvalue weighted by molar-refractivity contribution is -0.149. The van der Waals surface area contributed by atoms with Gasteiger partial charge in [-0.05, 0) is 63.3 Å². The van der Waals surface area contributed by atoms with Crippen LogP contribution in [-0.4, -0.2) is 34.1 Å². The Hall–Kier alpha value is -3.42. The van der Waals surface area contributed by atoms with Crippen LogP contribution in [0.1, 0.15) is 56.1 Å². The molecule has 0 fully saturated rings. The van der Waals surface area contributed by atoms with Gasteiger partial charge in [0.2, 0.25) is 0 Å². The molecule has 4 aromatic rings. The minimum absolute atomic E-state index is 0.148. The SMILES string of the molecule is CCOC(=O)COC(c1cccc(Cl)c1)c1cc(CO[Si](c2ccccc2)(c2ccccc2)C(C)(C)C)cc2c1OCC2. The minimum atomic E-state index is -2.75. The first-order valence-corrected chi connectivity index (χ1v) is 17.1. The highest BCUT2D eigenvalue weighted by molar-refractivity contribution is 6.99. The Morgan fingerprint density at radius 3 is 2.21 bits per heavy atom. The van der Waals surface area contributed by atoms with Gasteiger partial charge in [-0.15, -0.1) is 0 Å². The third-order valence-electron chi connectivity index (χ3n) is 7.85. The van der Waals surface area contributed by atoms with E-state index < -0.39 is 20.4 Å². The van der Waals surface area contributed by atoms with Gasteiger partial charge in [-0.3, -0.25) is 0 Å². The highest BCUT2D eigenvalue weighted by atomic mass is 35.5. The van der Waals surface area contributed by atoms with Crippen molar-refractivity contribution < 1.29 is 23.4 Å². The monoisotopic (exact) mass is 614 g/mol. The molecule has 0 spiro atoms. The van der Waals surface area contributed by atoms with Crippen LogP contribution in [-0.2, 0) is 31.7 Å². The molecular weight excluding hydrogens is 576 g/mol. The Balaban J connectivity index is 1.57. The zero-order valence-electron chi connectivity index (χ0n) is 25.3. The molecule has 1 aliphatic rings. The summed E-state index contributed by atoms with van der Waals surface area (Å²) in [6, 6.07) is 33.1. The van der Waals surface area contributed by atoms with Gasteiger partial charge in [0.15, 0.2) is 0 Å². The van der Waals surface area contributed by atoms with Gasteiger partial charge in [-0.25, -0.2) is 4.79 Å². The lowest BCUT2D eigenvalue weighted by Gasteiger charge is -2.43. The van der Waals surface area contributed by atoms with Crippen molar-refractivity contribution in [3.8, 4) is 5.75 Å². The predicted molar refractivity (Wildman–Crippen MR) is 174 cm³/mol. The average Bonchev–Trinajstić information content (AvgIpc) is 3.47. The first-order valence-electron chi connectivity index (χ1n) is 14.8. The normalized spacial score (nSPS) is 13.7. The Morgan fingerprint density at radius 1 is 0.930 bits per heavy atom. The molecule has 0 amide bonds. The molecular formula is C36H39ClO5Si. The molecule has 0 saturated heterocycles. The fourth-order valence-corrected chi connectivity index (χ4v) is 10.8. The van der Waals surface area contributed by atoms with Gasteiger partial charge in [0.05, 0.1) is 19.8 Å².